The molecule has 1 atom stereocenters. The van der Waals surface area contributed by atoms with E-state index in [9.17, 15) is 18.4 Å². The number of carbonyl (C=O) groups is 2. The lowest BCUT2D eigenvalue weighted by Crippen LogP contribution is -2.51. The van der Waals surface area contributed by atoms with E-state index in [2.05, 4.69) is 0 Å². The van der Waals surface area contributed by atoms with Crippen molar-refractivity contribution in [1.29, 1.82) is 0 Å². The number of rotatable bonds is 3. The van der Waals surface area contributed by atoms with Gasteiger partial charge in [-0.3, -0.25) is 9.59 Å². The van der Waals surface area contributed by atoms with E-state index >= 15 is 0 Å². The second kappa shape index (κ2) is 6.01. The maximum Gasteiger partial charge on any atom is 0.242 e. The molecule has 1 aliphatic carbocycles. The summed E-state index contributed by atoms with van der Waals surface area (Å²) >= 11 is 0. The first-order valence-electron chi connectivity index (χ1n) is 9.15. The lowest BCUT2D eigenvalue weighted by atomic mass is 9.78. The molecule has 7 heteroatoms. The van der Waals surface area contributed by atoms with Crippen LogP contribution < -0.4 is 5.73 Å². The molecule has 26 heavy (non-hydrogen) atoms. The van der Waals surface area contributed by atoms with Gasteiger partial charge in [0.15, 0.2) is 11.6 Å². The Morgan fingerprint density at radius 2 is 1.88 bits per heavy atom. The molecule has 0 aromatic heterocycles. The zero-order valence-electron chi connectivity index (χ0n) is 14.6. The van der Waals surface area contributed by atoms with Crippen LogP contribution in [0, 0.1) is 17.0 Å². The number of benzene rings is 1. The number of likely N-dealkylation sites (tertiary alicyclic amines) is 2. The van der Waals surface area contributed by atoms with E-state index in [1.165, 1.54) is 6.07 Å². The Balaban J connectivity index is 1.47. The lowest BCUT2D eigenvalue weighted by molar-refractivity contribution is -0.147. The van der Waals surface area contributed by atoms with E-state index in [4.69, 9.17) is 5.73 Å². The van der Waals surface area contributed by atoms with Crippen LogP contribution in [0.2, 0.25) is 0 Å². The molecule has 1 saturated carbocycles. The van der Waals surface area contributed by atoms with Crippen molar-refractivity contribution in [3.05, 3.63) is 35.4 Å². The molecular formula is C19H23F2N3O2. The highest BCUT2D eigenvalue weighted by atomic mass is 19.2. The van der Waals surface area contributed by atoms with Crippen molar-refractivity contribution in [2.45, 2.75) is 44.2 Å². The van der Waals surface area contributed by atoms with Crippen LogP contribution in [0.1, 0.15) is 37.7 Å². The molecule has 0 radical (unpaired) electrons. The number of amides is 2. The molecule has 0 unspecified atom stereocenters. The highest BCUT2D eigenvalue weighted by Crippen LogP contribution is 2.43. The van der Waals surface area contributed by atoms with Gasteiger partial charge in [0, 0.05) is 26.2 Å². The van der Waals surface area contributed by atoms with Gasteiger partial charge in [-0.2, -0.15) is 0 Å². The molecule has 140 valence electrons. The summed E-state index contributed by atoms with van der Waals surface area (Å²) in [7, 11) is 0. The Labute approximate surface area is 151 Å². The van der Waals surface area contributed by atoms with Gasteiger partial charge in [0.1, 0.15) is 0 Å². The smallest absolute Gasteiger partial charge is 0.242 e. The highest BCUT2D eigenvalue weighted by molar-refractivity contribution is 5.91. The molecule has 1 spiro atoms. The molecule has 2 saturated heterocycles. The van der Waals surface area contributed by atoms with Crippen LogP contribution >= 0.6 is 0 Å². The number of piperidine rings is 1. The number of halogens is 2. The van der Waals surface area contributed by atoms with Crippen LogP contribution in [-0.4, -0.2) is 46.8 Å². The van der Waals surface area contributed by atoms with Crippen LogP contribution in [0.15, 0.2) is 18.2 Å². The molecule has 2 amide bonds. The third-order valence-corrected chi connectivity index (χ3v) is 6.04. The van der Waals surface area contributed by atoms with Crippen molar-refractivity contribution in [3.8, 4) is 0 Å². The van der Waals surface area contributed by atoms with E-state index < -0.39 is 22.6 Å². The maximum absolute atomic E-state index is 13.4. The zero-order valence-corrected chi connectivity index (χ0v) is 14.6. The summed E-state index contributed by atoms with van der Waals surface area (Å²) in [5.41, 5.74) is 5.32. The van der Waals surface area contributed by atoms with Gasteiger partial charge in [0.2, 0.25) is 11.8 Å². The Hall–Kier alpha value is -2.02. The van der Waals surface area contributed by atoms with Crippen molar-refractivity contribution >= 4 is 11.8 Å². The molecule has 1 aromatic carbocycles. The van der Waals surface area contributed by atoms with Gasteiger partial charge in [0.25, 0.3) is 0 Å². The van der Waals surface area contributed by atoms with Gasteiger partial charge < -0.3 is 15.5 Å². The molecule has 2 heterocycles. The van der Waals surface area contributed by atoms with E-state index in [0.717, 1.165) is 25.0 Å². The Morgan fingerprint density at radius 3 is 2.58 bits per heavy atom. The largest absolute Gasteiger partial charge is 0.340 e. The normalized spacial score (nSPS) is 27.3. The first-order chi connectivity index (χ1) is 12.3. The minimum atomic E-state index is -0.906. The lowest BCUT2D eigenvalue weighted by Gasteiger charge is -2.39. The van der Waals surface area contributed by atoms with Gasteiger partial charge in [-0.05, 0) is 49.8 Å². The summed E-state index contributed by atoms with van der Waals surface area (Å²) < 4.78 is 26.6. The van der Waals surface area contributed by atoms with Crippen LogP contribution in [0.3, 0.4) is 0 Å². The fourth-order valence-corrected chi connectivity index (χ4v) is 4.25. The Bertz CT molecular complexity index is 765. The van der Waals surface area contributed by atoms with E-state index in [1.807, 2.05) is 0 Å². The SMILES string of the molecule is NC1(C(=O)N2CC[C@@]3(CCCN(Cc4ccc(F)c(F)c4)C3=O)C2)CC1. The fourth-order valence-electron chi connectivity index (χ4n) is 4.25. The quantitative estimate of drug-likeness (QED) is 0.891. The molecule has 1 aromatic rings. The molecule has 2 N–H and O–H groups in total. The number of hydrogen-bond acceptors (Lipinski definition) is 3. The van der Waals surface area contributed by atoms with Gasteiger partial charge in [-0.1, -0.05) is 6.07 Å². The minimum absolute atomic E-state index is 0.00523. The Kier molecular flexibility index (Phi) is 4.02. The monoisotopic (exact) mass is 363 g/mol. The van der Waals surface area contributed by atoms with Crippen LogP contribution in [-0.2, 0) is 16.1 Å². The second-order valence-electron chi connectivity index (χ2n) is 7.99. The standard InChI is InChI=1S/C19H23F2N3O2/c20-14-3-2-13(10-15(14)21)11-23-8-1-4-18(16(23)25)7-9-24(12-18)17(26)19(22)5-6-19/h2-3,10H,1,4-9,11-12,22H2/t18-/m0/s1. The molecule has 5 nitrogen and oxygen atoms in total. The van der Waals surface area contributed by atoms with Crippen molar-refractivity contribution in [2.75, 3.05) is 19.6 Å². The number of carbonyl (C=O) groups excluding carboxylic acids is 2. The molecule has 0 bridgehead atoms. The van der Waals surface area contributed by atoms with Gasteiger partial charge in [-0.25, -0.2) is 8.78 Å². The topological polar surface area (TPSA) is 66.6 Å². The van der Waals surface area contributed by atoms with E-state index in [1.54, 1.807) is 9.80 Å². The van der Waals surface area contributed by atoms with Crippen molar-refractivity contribution in [2.24, 2.45) is 11.1 Å². The number of hydrogen-bond donors (Lipinski definition) is 1. The zero-order chi connectivity index (χ0) is 18.5. The average molecular weight is 363 g/mol. The van der Waals surface area contributed by atoms with Crippen molar-refractivity contribution in [1.82, 2.24) is 9.80 Å². The third-order valence-electron chi connectivity index (χ3n) is 6.04. The van der Waals surface area contributed by atoms with Gasteiger partial charge >= 0.3 is 0 Å². The van der Waals surface area contributed by atoms with Crippen molar-refractivity contribution in [3.63, 3.8) is 0 Å². The van der Waals surface area contributed by atoms with Crippen LogP contribution in [0.25, 0.3) is 0 Å². The number of nitrogens with two attached hydrogens (primary N) is 1. The summed E-state index contributed by atoms with van der Waals surface area (Å²) in [5, 5.41) is 0. The van der Waals surface area contributed by atoms with E-state index in [0.29, 0.717) is 44.5 Å². The van der Waals surface area contributed by atoms with Crippen LogP contribution in [0.4, 0.5) is 8.78 Å². The summed E-state index contributed by atoms with van der Waals surface area (Å²) in [6.45, 7) is 1.82. The molecular weight excluding hydrogens is 340 g/mol. The summed E-state index contributed by atoms with van der Waals surface area (Å²) in [4.78, 5) is 29.1. The van der Waals surface area contributed by atoms with Crippen LogP contribution in [0.5, 0.6) is 0 Å². The fraction of sp³-hybridized carbons (Fsp3) is 0.579. The predicted molar refractivity (Wildman–Crippen MR) is 90.8 cm³/mol. The summed E-state index contributed by atoms with van der Waals surface area (Å²) in [5.74, 6) is -1.83. The molecule has 4 rings (SSSR count). The summed E-state index contributed by atoms with van der Waals surface area (Å²) in [6, 6.07) is 3.73. The molecule has 2 aliphatic heterocycles. The number of nitrogens with zero attached hydrogens (tertiary/aromatic N) is 2. The second-order valence-corrected chi connectivity index (χ2v) is 7.99. The molecule has 3 fully saturated rings. The maximum atomic E-state index is 13.4. The third kappa shape index (κ3) is 2.88. The minimum Gasteiger partial charge on any atom is -0.340 e. The molecule has 3 aliphatic rings. The van der Waals surface area contributed by atoms with E-state index in [-0.39, 0.29) is 18.4 Å². The van der Waals surface area contributed by atoms with Gasteiger partial charge in [-0.15, -0.1) is 0 Å². The Morgan fingerprint density at radius 1 is 1.12 bits per heavy atom. The average Bonchev–Trinajstić information content (AvgIpc) is 3.23. The first-order valence-corrected chi connectivity index (χ1v) is 9.15. The van der Waals surface area contributed by atoms with Crippen molar-refractivity contribution < 1.29 is 18.4 Å². The first kappa shape index (κ1) is 17.4. The van der Waals surface area contributed by atoms with Gasteiger partial charge in [0.05, 0.1) is 11.0 Å². The predicted octanol–water partition coefficient (Wildman–Crippen LogP) is 1.80. The highest BCUT2D eigenvalue weighted by Gasteiger charge is 2.54. The summed E-state index contributed by atoms with van der Waals surface area (Å²) in [6.07, 6.45) is 3.66.